The summed E-state index contributed by atoms with van der Waals surface area (Å²) in [6, 6.07) is 21.9. The molecule has 0 unspecified atom stereocenters. The Morgan fingerprint density at radius 2 is 1.84 bits per heavy atom. The number of rotatable bonds is 7. The smallest absolute Gasteiger partial charge is 0.226 e. The molecule has 0 bridgehead atoms. The zero-order valence-electron chi connectivity index (χ0n) is 21.0. The Labute approximate surface area is 235 Å². The first kappa shape index (κ1) is 26.1. The largest absolute Gasteiger partial charge is 0.352 e. The minimum Gasteiger partial charge on any atom is -0.352 e. The number of nitrogens with one attached hydrogen (secondary N) is 2. The molecule has 9 heteroatoms. The van der Waals surface area contributed by atoms with Crippen LogP contribution in [0.2, 0.25) is 0 Å². The molecule has 1 fully saturated rings. The van der Waals surface area contributed by atoms with E-state index in [1.54, 1.807) is 24.4 Å². The first-order valence-corrected chi connectivity index (χ1v) is 13.5. The molecular weight excluding hydrogens is 565 g/mol. The third-order valence-corrected chi connectivity index (χ3v) is 7.83. The van der Waals surface area contributed by atoms with E-state index in [2.05, 4.69) is 62.1 Å². The highest BCUT2D eigenvalue weighted by Crippen LogP contribution is 2.42. The maximum atomic E-state index is 14.1. The summed E-state index contributed by atoms with van der Waals surface area (Å²) < 4.78 is 17.3. The van der Waals surface area contributed by atoms with E-state index in [0.717, 1.165) is 32.8 Å². The van der Waals surface area contributed by atoms with E-state index in [4.69, 9.17) is 12.2 Å². The van der Waals surface area contributed by atoms with E-state index in [1.807, 2.05) is 41.3 Å². The molecule has 38 heavy (non-hydrogen) atoms. The monoisotopic (exact) mass is 591 g/mol. The van der Waals surface area contributed by atoms with Crippen LogP contribution in [-0.4, -0.2) is 32.0 Å². The van der Waals surface area contributed by atoms with Crippen molar-refractivity contribution in [2.45, 2.75) is 32.4 Å². The number of hydrogen-bond acceptors (Lipinski definition) is 3. The van der Waals surface area contributed by atoms with Gasteiger partial charge in [0.05, 0.1) is 29.2 Å². The average Bonchev–Trinajstić information content (AvgIpc) is 3.39. The molecule has 4 aromatic rings. The summed E-state index contributed by atoms with van der Waals surface area (Å²) in [7, 11) is 0. The average molecular weight is 593 g/mol. The van der Waals surface area contributed by atoms with E-state index in [-0.39, 0.29) is 30.1 Å². The second-order valence-electron chi connectivity index (χ2n) is 9.21. The fraction of sp³-hybridized carbons (Fsp3) is 0.207. The summed E-state index contributed by atoms with van der Waals surface area (Å²) in [5.74, 6) is -0.747. The standard InChI is InChI=1S/C29H27BrFN5OS/c1-18-17-20(19(2)36(18)25-13-6-3-9-21(25)30)28-27(24-12-7-8-15-32-24)34-29(38)35(28)16-14-26(37)33-23-11-5-4-10-22(23)31/h3-13,15,17,27-28H,14,16H2,1-2H3,(H,33,37)(H,34,38)/t27-,28+/m0/s1. The van der Waals surface area contributed by atoms with Crippen LogP contribution in [0.4, 0.5) is 10.1 Å². The predicted molar refractivity (Wildman–Crippen MR) is 155 cm³/mol. The van der Waals surface area contributed by atoms with Gasteiger partial charge in [-0.1, -0.05) is 30.3 Å². The molecule has 3 heterocycles. The molecule has 1 amide bonds. The van der Waals surface area contributed by atoms with Gasteiger partial charge in [-0.15, -0.1) is 0 Å². The Bertz CT molecular complexity index is 1490. The second kappa shape index (κ2) is 11.0. The number of nitrogens with zero attached hydrogens (tertiary/aromatic N) is 3. The van der Waals surface area contributed by atoms with Gasteiger partial charge < -0.3 is 20.1 Å². The Morgan fingerprint density at radius 3 is 2.58 bits per heavy atom. The van der Waals surface area contributed by atoms with Crippen LogP contribution in [0.3, 0.4) is 0 Å². The highest BCUT2D eigenvalue weighted by atomic mass is 79.9. The van der Waals surface area contributed by atoms with E-state index < -0.39 is 5.82 Å². The van der Waals surface area contributed by atoms with Crippen molar-refractivity contribution in [3.8, 4) is 5.69 Å². The fourth-order valence-corrected chi connectivity index (χ4v) is 5.87. The van der Waals surface area contributed by atoms with Crippen molar-refractivity contribution in [3.05, 3.63) is 112 Å². The van der Waals surface area contributed by atoms with Gasteiger partial charge in [0, 0.05) is 35.0 Å². The van der Waals surface area contributed by atoms with Crippen LogP contribution in [0.5, 0.6) is 0 Å². The molecule has 1 aliphatic rings. The first-order valence-electron chi connectivity index (χ1n) is 12.3. The molecule has 0 radical (unpaired) electrons. The maximum Gasteiger partial charge on any atom is 0.226 e. The van der Waals surface area contributed by atoms with E-state index >= 15 is 0 Å². The van der Waals surface area contributed by atoms with Gasteiger partial charge in [0.1, 0.15) is 5.82 Å². The van der Waals surface area contributed by atoms with Crippen LogP contribution in [-0.2, 0) is 4.79 Å². The molecule has 0 aliphatic carbocycles. The lowest BCUT2D eigenvalue weighted by atomic mass is 9.96. The minimum absolute atomic E-state index is 0.143. The van der Waals surface area contributed by atoms with Crippen molar-refractivity contribution < 1.29 is 9.18 Å². The van der Waals surface area contributed by atoms with E-state index in [1.165, 1.54) is 6.07 Å². The molecule has 194 valence electrons. The fourth-order valence-electron chi connectivity index (χ4n) is 5.07. The zero-order valence-corrected chi connectivity index (χ0v) is 23.4. The number of aryl methyl sites for hydroxylation is 1. The van der Waals surface area contributed by atoms with Gasteiger partial charge in [0.15, 0.2) is 5.11 Å². The molecular formula is C29H27BrFN5OS. The number of carbonyl (C=O) groups excluding carboxylic acids is 1. The lowest BCUT2D eigenvalue weighted by Gasteiger charge is -2.28. The summed E-state index contributed by atoms with van der Waals surface area (Å²) in [4.78, 5) is 19.4. The predicted octanol–water partition coefficient (Wildman–Crippen LogP) is 6.39. The van der Waals surface area contributed by atoms with Crippen LogP contribution in [0.1, 0.15) is 41.1 Å². The van der Waals surface area contributed by atoms with E-state index in [9.17, 15) is 9.18 Å². The van der Waals surface area contributed by atoms with Crippen molar-refractivity contribution in [1.29, 1.82) is 0 Å². The second-order valence-corrected chi connectivity index (χ2v) is 10.5. The van der Waals surface area contributed by atoms with Crippen LogP contribution in [0.25, 0.3) is 5.69 Å². The SMILES string of the molecule is Cc1cc([C@@H]2[C@H](c3ccccn3)NC(=S)N2CCC(=O)Nc2ccccc2F)c(C)n1-c1ccccc1Br. The van der Waals surface area contributed by atoms with Crippen LogP contribution in [0.15, 0.2) is 83.5 Å². The third-order valence-electron chi connectivity index (χ3n) is 6.81. The van der Waals surface area contributed by atoms with Gasteiger partial charge in [-0.3, -0.25) is 9.78 Å². The molecule has 0 saturated carbocycles. The van der Waals surface area contributed by atoms with Crippen molar-refractivity contribution in [2.75, 3.05) is 11.9 Å². The van der Waals surface area contributed by atoms with Crippen molar-refractivity contribution in [2.24, 2.45) is 0 Å². The molecule has 2 atom stereocenters. The zero-order chi connectivity index (χ0) is 26.8. The highest BCUT2D eigenvalue weighted by Gasteiger charge is 2.41. The first-order chi connectivity index (χ1) is 18.3. The van der Waals surface area contributed by atoms with Crippen molar-refractivity contribution in [3.63, 3.8) is 0 Å². The quantitative estimate of drug-likeness (QED) is 0.244. The molecule has 1 aliphatic heterocycles. The van der Waals surface area contributed by atoms with Crippen molar-refractivity contribution in [1.82, 2.24) is 19.8 Å². The number of aromatic nitrogens is 2. The van der Waals surface area contributed by atoms with Crippen LogP contribution in [0, 0.1) is 19.7 Å². The molecule has 0 spiro atoms. The summed E-state index contributed by atoms with van der Waals surface area (Å²) in [5, 5.41) is 6.67. The van der Waals surface area contributed by atoms with Crippen LogP contribution < -0.4 is 10.6 Å². The number of anilines is 1. The number of thiocarbonyl (C=S) groups is 1. The summed E-state index contributed by atoms with van der Waals surface area (Å²) >= 11 is 9.47. The number of halogens is 2. The Morgan fingerprint density at radius 1 is 1.11 bits per heavy atom. The third kappa shape index (κ3) is 5.08. The molecule has 2 aromatic carbocycles. The number of hydrogen-bond donors (Lipinski definition) is 2. The molecule has 2 N–H and O–H groups in total. The Balaban J connectivity index is 1.48. The lowest BCUT2D eigenvalue weighted by molar-refractivity contribution is -0.116. The maximum absolute atomic E-state index is 14.1. The number of pyridine rings is 1. The molecule has 5 rings (SSSR count). The molecule has 2 aromatic heterocycles. The topological polar surface area (TPSA) is 62.2 Å². The summed E-state index contributed by atoms with van der Waals surface area (Å²) in [6.07, 6.45) is 1.91. The lowest BCUT2D eigenvalue weighted by Crippen LogP contribution is -2.33. The van der Waals surface area contributed by atoms with Gasteiger partial charge in [0.2, 0.25) is 5.91 Å². The number of benzene rings is 2. The molecule has 1 saturated heterocycles. The van der Waals surface area contributed by atoms with Crippen molar-refractivity contribution >= 4 is 44.9 Å². The van der Waals surface area contributed by atoms with Gasteiger partial charge in [-0.2, -0.15) is 0 Å². The Hall–Kier alpha value is -3.56. The number of carbonyl (C=O) groups is 1. The van der Waals surface area contributed by atoms with E-state index in [0.29, 0.717) is 11.7 Å². The summed E-state index contributed by atoms with van der Waals surface area (Å²) in [5.41, 5.74) is 5.33. The van der Waals surface area contributed by atoms with Crippen LogP contribution >= 0.6 is 28.1 Å². The molecule has 6 nitrogen and oxygen atoms in total. The highest BCUT2D eigenvalue weighted by molar-refractivity contribution is 9.10. The number of amides is 1. The van der Waals surface area contributed by atoms with Gasteiger partial charge in [0.25, 0.3) is 0 Å². The normalized spacial score (nSPS) is 16.9. The Kier molecular flexibility index (Phi) is 7.58. The number of para-hydroxylation sites is 2. The van der Waals surface area contributed by atoms with Gasteiger partial charge >= 0.3 is 0 Å². The minimum atomic E-state index is -0.466. The van der Waals surface area contributed by atoms with Gasteiger partial charge in [-0.05, 0) is 90.0 Å². The van der Waals surface area contributed by atoms with Gasteiger partial charge in [-0.25, -0.2) is 4.39 Å². The summed E-state index contributed by atoms with van der Waals surface area (Å²) in [6.45, 7) is 4.54.